The number of nitrogens with zero attached hydrogens (tertiary/aromatic N) is 3. The van der Waals surface area contributed by atoms with E-state index in [1.807, 2.05) is 11.0 Å². The Morgan fingerprint density at radius 3 is 2.29 bits per heavy atom. The molecule has 1 saturated heterocycles. The molecular formula is C33H27F6N3O3. The van der Waals surface area contributed by atoms with E-state index in [1.165, 1.54) is 24.3 Å². The minimum atomic E-state index is -4.75. The topological polar surface area (TPSA) is 79.5 Å². The average molecular weight is 628 g/mol. The molecule has 0 unspecified atom stereocenters. The van der Waals surface area contributed by atoms with Crippen molar-refractivity contribution >= 4 is 28.6 Å². The number of hydrogen-bond acceptors (Lipinski definition) is 5. The molecule has 1 spiro atoms. The lowest BCUT2D eigenvalue weighted by Gasteiger charge is -2.50. The van der Waals surface area contributed by atoms with Gasteiger partial charge in [-0.1, -0.05) is 28.9 Å². The van der Waals surface area contributed by atoms with E-state index in [-0.39, 0.29) is 33.5 Å². The molecule has 3 fully saturated rings. The second-order valence-electron chi connectivity index (χ2n) is 12.3. The van der Waals surface area contributed by atoms with Gasteiger partial charge in [0.25, 0.3) is 0 Å². The van der Waals surface area contributed by atoms with Gasteiger partial charge in [0.2, 0.25) is 0 Å². The Morgan fingerprint density at radius 1 is 0.956 bits per heavy atom. The van der Waals surface area contributed by atoms with Crippen molar-refractivity contribution in [2.45, 2.75) is 56.8 Å². The number of rotatable bonds is 5. The second kappa shape index (κ2) is 10.3. The lowest BCUT2D eigenvalue weighted by molar-refractivity contribution is -0.137. The highest BCUT2D eigenvalue weighted by molar-refractivity contribution is 5.93. The van der Waals surface area contributed by atoms with E-state index in [9.17, 15) is 36.2 Å². The summed E-state index contributed by atoms with van der Waals surface area (Å²) in [5.74, 6) is -0.749. The van der Waals surface area contributed by atoms with E-state index in [4.69, 9.17) is 4.52 Å². The van der Waals surface area contributed by atoms with Crippen LogP contribution in [-0.2, 0) is 12.4 Å². The molecule has 0 radical (unpaired) electrons. The van der Waals surface area contributed by atoms with Gasteiger partial charge in [-0.15, -0.1) is 0 Å². The van der Waals surface area contributed by atoms with Crippen molar-refractivity contribution < 1.29 is 40.8 Å². The van der Waals surface area contributed by atoms with Crippen molar-refractivity contribution in [3.8, 4) is 11.3 Å². The molecule has 12 heteroatoms. The summed E-state index contributed by atoms with van der Waals surface area (Å²) < 4.78 is 88.6. The number of alkyl halides is 6. The molecule has 3 aliphatic rings. The number of benzene rings is 2. The molecule has 6 nitrogen and oxygen atoms in total. The molecule has 2 saturated carbocycles. The molecule has 1 aliphatic heterocycles. The van der Waals surface area contributed by atoms with Crippen molar-refractivity contribution in [1.82, 2.24) is 10.1 Å². The Hall–Kier alpha value is -4.35. The molecule has 2 aromatic heterocycles. The van der Waals surface area contributed by atoms with Crippen LogP contribution in [0.15, 0.2) is 58.6 Å². The van der Waals surface area contributed by atoms with Gasteiger partial charge >= 0.3 is 18.3 Å². The van der Waals surface area contributed by atoms with E-state index in [1.54, 1.807) is 12.1 Å². The van der Waals surface area contributed by atoms with Crippen LogP contribution in [0.1, 0.15) is 77.4 Å². The number of halogens is 6. The molecule has 2 aliphatic carbocycles. The summed E-state index contributed by atoms with van der Waals surface area (Å²) in [7, 11) is 0. The largest absolute Gasteiger partial charge is 0.477 e. The molecule has 0 atom stereocenters. The van der Waals surface area contributed by atoms with Crippen LogP contribution in [0.3, 0.4) is 0 Å². The van der Waals surface area contributed by atoms with Crippen LogP contribution in [0.5, 0.6) is 0 Å². The fourth-order valence-corrected chi connectivity index (χ4v) is 6.79. The number of aromatic nitrogens is 2. The minimum absolute atomic E-state index is 0.00621. The molecule has 0 bridgehead atoms. The van der Waals surface area contributed by atoms with E-state index in [0.717, 1.165) is 50.2 Å². The molecule has 0 amide bonds. The summed E-state index contributed by atoms with van der Waals surface area (Å²) in [6.07, 6.45) is -2.38. The maximum Gasteiger partial charge on any atom is 0.417 e. The fraction of sp³-hybridized carbons (Fsp3) is 0.364. The number of hydrogen-bond donors (Lipinski definition) is 1. The number of anilines is 1. The van der Waals surface area contributed by atoms with Gasteiger partial charge in [0.1, 0.15) is 17.1 Å². The number of aromatic carboxylic acids is 1. The number of fused-ring (bicyclic) bond motifs is 1. The zero-order valence-electron chi connectivity index (χ0n) is 23.8. The molecular weight excluding hydrogens is 600 g/mol. The van der Waals surface area contributed by atoms with Crippen molar-refractivity contribution in [3.63, 3.8) is 0 Å². The van der Waals surface area contributed by atoms with Crippen LogP contribution in [-0.4, -0.2) is 34.3 Å². The normalized spacial score (nSPS) is 18.4. The number of carbonyl (C=O) groups is 1. The molecule has 4 aromatic rings. The maximum absolute atomic E-state index is 13.8. The van der Waals surface area contributed by atoms with Gasteiger partial charge in [-0.2, -0.15) is 26.3 Å². The summed E-state index contributed by atoms with van der Waals surface area (Å²) in [6, 6.07) is 10.5. The molecule has 1 N–H and O–H groups in total. The van der Waals surface area contributed by atoms with E-state index < -0.39 is 35.1 Å². The molecule has 234 valence electrons. The number of carboxylic acids is 1. The summed E-state index contributed by atoms with van der Waals surface area (Å²) in [5, 5.41) is 13.2. The smallest absolute Gasteiger partial charge is 0.417 e. The second-order valence-corrected chi connectivity index (χ2v) is 12.3. The van der Waals surface area contributed by atoms with Gasteiger partial charge in [0, 0.05) is 41.2 Å². The number of carboxylic acid groups (broad SMARTS) is 1. The van der Waals surface area contributed by atoms with Crippen LogP contribution in [0.2, 0.25) is 0 Å². The summed E-state index contributed by atoms with van der Waals surface area (Å²) in [4.78, 5) is 17.2. The van der Waals surface area contributed by atoms with E-state index in [2.05, 4.69) is 10.1 Å². The monoisotopic (exact) mass is 627 g/mol. The molecule has 2 aromatic carbocycles. The first-order valence-corrected chi connectivity index (χ1v) is 14.7. The van der Waals surface area contributed by atoms with Gasteiger partial charge in [0.05, 0.1) is 16.6 Å². The third kappa shape index (κ3) is 5.44. The van der Waals surface area contributed by atoms with Crippen molar-refractivity contribution in [2.24, 2.45) is 5.41 Å². The predicted octanol–water partition coefficient (Wildman–Crippen LogP) is 8.97. The van der Waals surface area contributed by atoms with Gasteiger partial charge in [-0.25, -0.2) is 9.78 Å². The first-order chi connectivity index (χ1) is 21.3. The van der Waals surface area contributed by atoms with Gasteiger partial charge < -0.3 is 14.5 Å². The zero-order valence-corrected chi connectivity index (χ0v) is 23.8. The Kier molecular flexibility index (Phi) is 6.75. The lowest BCUT2D eigenvalue weighted by Crippen LogP contribution is -2.44. The third-order valence-corrected chi connectivity index (χ3v) is 9.25. The van der Waals surface area contributed by atoms with Crippen molar-refractivity contribution in [1.29, 1.82) is 0 Å². The summed E-state index contributed by atoms with van der Waals surface area (Å²) in [5.41, 5.74) is 0.0450. The van der Waals surface area contributed by atoms with Crippen LogP contribution in [0, 0.1) is 5.41 Å². The highest BCUT2D eigenvalue weighted by Gasteiger charge is 2.44. The van der Waals surface area contributed by atoms with Crippen LogP contribution in [0.4, 0.5) is 32.0 Å². The minimum Gasteiger partial charge on any atom is -0.477 e. The Bertz CT molecular complexity index is 1840. The van der Waals surface area contributed by atoms with Crippen molar-refractivity contribution in [2.75, 3.05) is 18.0 Å². The van der Waals surface area contributed by atoms with E-state index in [0.29, 0.717) is 36.2 Å². The average Bonchev–Trinajstić information content (AvgIpc) is 3.74. The molecule has 7 rings (SSSR count). The lowest BCUT2D eigenvalue weighted by atomic mass is 9.60. The number of pyridine rings is 1. The van der Waals surface area contributed by atoms with Crippen molar-refractivity contribution in [3.05, 3.63) is 82.2 Å². The van der Waals surface area contributed by atoms with Gasteiger partial charge in [0.15, 0.2) is 0 Å². The fourth-order valence-electron chi connectivity index (χ4n) is 6.79. The number of piperidine rings is 1. The van der Waals surface area contributed by atoms with Crippen LogP contribution in [0.25, 0.3) is 28.2 Å². The van der Waals surface area contributed by atoms with E-state index >= 15 is 0 Å². The Balaban J connectivity index is 1.10. The highest BCUT2D eigenvalue weighted by atomic mass is 19.4. The molecule has 45 heavy (non-hydrogen) atoms. The first-order valence-electron chi connectivity index (χ1n) is 14.7. The summed E-state index contributed by atoms with van der Waals surface area (Å²) in [6.45, 7) is 1.23. The van der Waals surface area contributed by atoms with Gasteiger partial charge in [-0.05, 0) is 80.3 Å². The highest BCUT2D eigenvalue weighted by Crippen LogP contribution is 2.55. The zero-order chi connectivity index (χ0) is 31.7. The number of allylic oxidation sites excluding steroid dienone is 1. The van der Waals surface area contributed by atoms with Crippen LogP contribution >= 0.6 is 0 Å². The Morgan fingerprint density at radius 2 is 1.64 bits per heavy atom. The van der Waals surface area contributed by atoms with Gasteiger partial charge in [-0.3, -0.25) is 0 Å². The standard InChI is InChI=1S/C33H27F6N3O3/c34-32(35,36)24-4-2-1-3-21(24)28-23(29(45-41-28)19-5-6-19)13-18-16-31(17-18)9-11-42(12-10-31)20-7-8-26-22(14-20)25(33(37,38)39)15-27(40-26)30(43)44/h1-4,7-8,13-15,19H,5-6,9-12,16-17H2,(H,43,44). The SMILES string of the molecule is O=C(O)c1cc(C(F)(F)F)c2cc(N3CCC4(CC3)CC(=Cc3c(-c5ccccc5C(F)(F)F)noc3C3CC3)C4)ccc2n1. The quantitative estimate of drug-likeness (QED) is 0.223. The summed E-state index contributed by atoms with van der Waals surface area (Å²) >= 11 is 0. The Labute approximate surface area is 253 Å². The predicted molar refractivity (Wildman–Crippen MR) is 154 cm³/mol. The van der Waals surface area contributed by atoms with Crippen LogP contribution < -0.4 is 4.90 Å². The first kappa shape index (κ1) is 29.4. The third-order valence-electron chi connectivity index (χ3n) is 9.25. The maximum atomic E-state index is 13.8. The molecule has 3 heterocycles.